The first-order chi connectivity index (χ1) is 17.9. The first-order valence-corrected chi connectivity index (χ1v) is 11.2. The minimum Gasteiger partial charge on any atom is -0.289 e. The highest BCUT2D eigenvalue weighted by molar-refractivity contribution is 6.13. The lowest BCUT2D eigenvalue weighted by molar-refractivity contribution is -0.385. The highest BCUT2D eigenvalue weighted by Crippen LogP contribution is 2.28. The van der Waals surface area contributed by atoms with E-state index in [0.29, 0.717) is 46.8 Å². The lowest BCUT2D eigenvalue weighted by Gasteiger charge is -2.15. The molecule has 1 saturated carbocycles. The van der Waals surface area contributed by atoms with E-state index in [1.165, 1.54) is 33.6 Å². The number of nitro benzene ring substituents is 2. The number of allylic oxidation sites excluding steroid dienone is 2. The fourth-order valence-corrected chi connectivity index (χ4v) is 3.93. The van der Waals surface area contributed by atoms with Gasteiger partial charge in [-0.15, -0.1) is 10.2 Å². The van der Waals surface area contributed by atoms with E-state index in [4.69, 9.17) is 0 Å². The van der Waals surface area contributed by atoms with E-state index >= 15 is 0 Å². The largest absolute Gasteiger partial charge is 0.289 e. The van der Waals surface area contributed by atoms with Gasteiger partial charge in [0, 0.05) is 35.4 Å². The zero-order valence-corrected chi connectivity index (χ0v) is 19.2. The first kappa shape index (κ1) is 23.4. The Hall–Kier alpha value is -5.33. The highest BCUT2D eigenvalue weighted by Gasteiger charge is 2.21. The molecule has 0 amide bonds. The fraction of sp³-hybridized carbons (Fsp3) is 0.125. The van der Waals surface area contributed by atoms with E-state index in [1.807, 2.05) is 0 Å². The van der Waals surface area contributed by atoms with Crippen molar-refractivity contribution in [1.29, 1.82) is 0 Å². The summed E-state index contributed by atoms with van der Waals surface area (Å²) in [5, 5.41) is 38.0. The quantitative estimate of drug-likeness (QED) is 0.218. The summed E-state index contributed by atoms with van der Waals surface area (Å²) in [6.45, 7) is 0. The summed E-state index contributed by atoms with van der Waals surface area (Å²) in [4.78, 5) is 33.9. The van der Waals surface area contributed by atoms with Crippen LogP contribution in [0.4, 0.5) is 11.4 Å². The summed E-state index contributed by atoms with van der Waals surface area (Å²) < 4.78 is 2.97. The van der Waals surface area contributed by atoms with Crippen LogP contribution in [0.2, 0.25) is 0 Å². The van der Waals surface area contributed by atoms with E-state index in [-0.39, 0.29) is 17.2 Å². The summed E-state index contributed by atoms with van der Waals surface area (Å²) in [5.74, 6) is -0.110. The van der Waals surface area contributed by atoms with E-state index in [0.717, 1.165) is 6.42 Å². The van der Waals surface area contributed by atoms with E-state index < -0.39 is 9.85 Å². The van der Waals surface area contributed by atoms with Gasteiger partial charge in [0.15, 0.2) is 5.78 Å². The molecule has 2 aromatic heterocycles. The Morgan fingerprint density at radius 2 is 1.11 bits per heavy atom. The topological polar surface area (TPSA) is 165 Å². The molecule has 0 aliphatic heterocycles. The van der Waals surface area contributed by atoms with Gasteiger partial charge in [-0.25, -0.2) is 9.36 Å². The molecule has 13 nitrogen and oxygen atoms in total. The van der Waals surface area contributed by atoms with Gasteiger partial charge in [0.2, 0.25) is 0 Å². The minimum absolute atomic E-state index is 0.0221. The molecule has 0 unspecified atom stereocenters. The molecule has 0 spiro atoms. The summed E-state index contributed by atoms with van der Waals surface area (Å²) in [5.41, 5.74) is 3.34. The Balaban J connectivity index is 1.32. The van der Waals surface area contributed by atoms with Crippen LogP contribution in [0.5, 0.6) is 0 Å². The van der Waals surface area contributed by atoms with Crippen LogP contribution < -0.4 is 0 Å². The van der Waals surface area contributed by atoms with Crippen molar-refractivity contribution in [2.45, 2.75) is 19.3 Å². The number of aromatic nitrogens is 6. The fourth-order valence-electron chi connectivity index (χ4n) is 3.93. The van der Waals surface area contributed by atoms with Crippen LogP contribution >= 0.6 is 0 Å². The van der Waals surface area contributed by atoms with E-state index in [2.05, 4.69) is 20.6 Å². The van der Waals surface area contributed by atoms with Crippen molar-refractivity contribution in [2.24, 2.45) is 0 Å². The number of Topliss-reactive ketones (excluding diaryl/α,β-unsaturated/α-hetero) is 1. The van der Waals surface area contributed by atoms with Crippen molar-refractivity contribution in [3.8, 4) is 11.4 Å². The van der Waals surface area contributed by atoms with Gasteiger partial charge >= 0.3 is 0 Å². The third-order valence-electron chi connectivity index (χ3n) is 5.79. The maximum atomic E-state index is 13.1. The second-order valence-corrected chi connectivity index (χ2v) is 8.24. The molecular weight excluding hydrogens is 480 g/mol. The van der Waals surface area contributed by atoms with Crippen LogP contribution in [0.3, 0.4) is 0 Å². The van der Waals surface area contributed by atoms with Crippen LogP contribution in [0.15, 0.2) is 72.1 Å². The average Bonchev–Trinajstić information content (AvgIpc) is 3.56. The summed E-state index contributed by atoms with van der Waals surface area (Å²) in [6, 6.07) is 11.8. The molecule has 0 saturated heterocycles. The maximum absolute atomic E-state index is 13.1. The normalized spacial score (nSPS) is 15.8. The van der Waals surface area contributed by atoms with Crippen LogP contribution in [0, 0.1) is 20.2 Å². The molecule has 184 valence electrons. The molecular formula is C24H18N8O5. The number of nitro groups is 2. The number of nitrogens with zero attached hydrogens (tertiary/aromatic N) is 8. The monoisotopic (exact) mass is 498 g/mol. The summed E-state index contributed by atoms with van der Waals surface area (Å²) in [7, 11) is 0. The molecule has 1 aliphatic carbocycles. The first-order valence-electron chi connectivity index (χ1n) is 11.2. The van der Waals surface area contributed by atoms with Crippen LogP contribution in [-0.2, 0) is 4.79 Å². The Bertz CT molecular complexity index is 1450. The molecule has 4 aromatic rings. The van der Waals surface area contributed by atoms with Gasteiger partial charge in [0.25, 0.3) is 11.4 Å². The number of carbonyl (C=O) groups is 1. The Morgan fingerprint density at radius 1 is 0.703 bits per heavy atom. The smallest absolute Gasteiger partial charge is 0.269 e. The molecule has 1 aliphatic rings. The van der Waals surface area contributed by atoms with Gasteiger partial charge in [-0.1, -0.05) is 10.4 Å². The second kappa shape index (κ2) is 9.73. The van der Waals surface area contributed by atoms with Gasteiger partial charge in [0.05, 0.1) is 33.6 Å². The Morgan fingerprint density at radius 3 is 1.49 bits per heavy atom. The van der Waals surface area contributed by atoms with Gasteiger partial charge in [0.1, 0.15) is 11.4 Å². The molecule has 13 heteroatoms. The number of non-ortho nitro benzene ring substituents is 2. The molecule has 0 radical (unpaired) electrons. The number of benzene rings is 2. The third kappa shape index (κ3) is 5.05. The molecule has 2 aromatic carbocycles. The van der Waals surface area contributed by atoms with Crippen LogP contribution in [0.25, 0.3) is 23.5 Å². The molecule has 0 N–H and O–H groups in total. The van der Waals surface area contributed by atoms with E-state index in [9.17, 15) is 25.0 Å². The summed E-state index contributed by atoms with van der Waals surface area (Å²) in [6.07, 6.45) is 8.64. The van der Waals surface area contributed by atoms with Crippen molar-refractivity contribution >= 4 is 29.3 Å². The third-order valence-corrected chi connectivity index (χ3v) is 5.79. The van der Waals surface area contributed by atoms with E-state index in [1.54, 1.807) is 48.8 Å². The molecule has 1 fully saturated rings. The zero-order chi connectivity index (χ0) is 25.9. The number of ketones is 1. The van der Waals surface area contributed by atoms with Gasteiger partial charge < -0.3 is 0 Å². The predicted octanol–water partition coefficient (Wildman–Crippen LogP) is 3.88. The maximum Gasteiger partial charge on any atom is 0.269 e. The van der Waals surface area contributed by atoms with Crippen molar-refractivity contribution < 1.29 is 14.6 Å². The molecule has 37 heavy (non-hydrogen) atoms. The van der Waals surface area contributed by atoms with Crippen LogP contribution in [-0.4, -0.2) is 45.6 Å². The van der Waals surface area contributed by atoms with Crippen molar-refractivity contribution in [3.63, 3.8) is 0 Å². The van der Waals surface area contributed by atoms with Crippen molar-refractivity contribution in [3.05, 3.63) is 104 Å². The SMILES string of the molecule is O=C1/C(=C/c2cn(-c3ccc([N+](=O)[O-])cc3)nn2)CCC/C1=C\c1cn(-c2ccc([N+](=O)[O-])cc2)nn1. The Kier molecular flexibility index (Phi) is 6.16. The number of rotatable bonds is 6. The number of carbonyl (C=O) groups excluding carboxylic acids is 1. The lowest BCUT2D eigenvalue weighted by Crippen LogP contribution is -2.12. The predicted molar refractivity (Wildman–Crippen MR) is 131 cm³/mol. The standard InChI is InChI=1S/C24H18N8O5/c33-24-16(12-18-14-29(27-25-18)20-4-8-22(9-5-20)31(34)35)2-1-3-17(24)13-19-15-30(28-26-19)21-6-10-23(11-7-21)32(36)37/h4-15H,1-3H2/b16-12+,17-13+. The second-order valence-electron chi connectivity index (χ2n) is 8.24. The molecule has 5 rings (SSSR count). The highest BCUT2D eigenvalue weighted by atomic mass is 16.6. The van der Waals surface area contributed by atoms with Gasteiger partial charge in [-0.3, -0.25) is 25.0 Å². The Labute approximate surface area is 208 Å². The average molecular weight is 498 g/mol. The van der Waals surface area contributed by atoms with Crippen molar-refractivity contribution in [2.75, 3.05) is 0 Å². The summed E-state index contributed by atoms with van der Waals surface area (Å²) >= 11 is 0. The molecule has 2 heterocycles. The van der Waals surface area contributed by atoms with Gasteiger partial charge in [-0.2, -0.15) is 0 Å². The van der Waals surface area contributed by atoms with Crippen LogP contribution in [0.1, 0.15) is 30.7 Å². The van der Waals surface area contributed by atoms with Crippen molar-refractivity contribution in [1.82, 2.24) is 30.0 Å². The number of hydrogen-bond donors (Lipinski definition) is 0. The lowest BCUT2D eigenvalue weighted by atomic mass is 9.88. The zero-order valence-electron chi connectivity index (χ0n) is 19.2. The molecule has 0 atom stereocenters. The minimum atomic E-state index is -0.475. The van der Waals surface area contributed by atoms with Gasteiger partial charge in [-0.05, 0) is 55.7 Å². The molecule has 0 bridgehead atoms. The number of hydrogen-bond acceptors (Lipinski definition) is 9.